The van der Waals surface area contributed by atoms with Crippen molar-refractivity contribution in [1.82, 2.24) is 5.32 Å². The monoisotopic (exact) mass is 193 g/mol. The summed E-state index contributed by atoms with van der Waals surface area (Å²) in [5, 5.41) is 3.94. The summed E-state index contributed by atoms with van der Waals surface area (Å²) in [7, 11) is 0. The van der Waals surface area contributed by atoms with Crippen LogP contribution < -0.4 is 5.32 Å². The highest BCUT2D eigenvalue weighted by Gasteiger charge is 2.46. The Morgan fingerprint density at radius 1 is 0.857 bits per heavy atom. The fraction of sp³-hybridized carbons (Fsp3) is 1.00. The van der Waals surface area contributed by atoms with Gasteiger partial charge < -0.3 is 5.32 Å². The van der Waals surface area contributed by atoms with E-state index < -0.39 is 0 Å². The van der Waals surface area contributed by atoms with Gasteiger partial charge in [0, 0.05) is 12.1 Å². The molecule has 0 amide bonds. The van der Waals surface area contributed by atoms with Crippen molar-refractivity contribution < 1.29 is 0 Å². The average Bonchev–Trinajstić information content (AvgIpc) is 2.59. The Hall–Kier alpha value is -0.0400. The first-order valence-electron chi connectivity index (χ1n) is 6.62. The van der Waals surface area contributed by atoms with Crippen molar-refractivity contribution >= 4 is 0 Å². The molecule has 0 bridgehead atoms. The molecule has 0 aromatic heterocycles. The molecule has 3 fully saturated rings. The topological polar surface area (TPSA) is 12.0 Å². The highest BCUT2D eigenvalue weighted by molar-refractivity contribution is 5.02. The lowest BCUT2D eigenvalue weighted by molar-refractivity contribution is 0.196. The van der Waals surface area contributed by atoms with E-state index in [1.54, 1.807) is 0 Å². The Balaban J connectivity index is 1.79. The Morgan fingerprint density at radius 3 is 2.57 bits per heavy atom. The quantitative estimate of drug-likeness (QED) is 0.623. The normalized spacial score (nSPS) is 52.5. The lowest BCUT2D eigenvalue weighted by atomic mass is 9.71. The number of rotatable bonds is 0. The summed E-state index contributed by atoms with van der Waals surface area (Å²) >= 11 is 0. The smallest absolute Gasteiger partial charge is 0.0127 e. The van der Waals surface area contributed by atoms with E-state index in [2.05, 4.69) is 12.2 Å². The minimum Gasteiger partial charge on any atom is -0.310 e. The Kier molecular flexibility index (Phi) is 2.31. The van der Waals surface area contributed by atoms with Gasteiger partial charge in [-0.1, -0.05) is 26.2 Å². The van der Waals surface area contributed by atoms with Crippen molar-refractivity contribution in [2.24, 2.45) is 17.8 Å². The largest absolute Gasteiger partial charge is 0.310 e. The van der Waals surface area contributed by atoms with Crippen LogP contribution in [0.5, 0.6) is 0 Å². The van der Waals surface area contributed by atoms with Crippen molar-refractivity contribution in [1.29, 1.82) is 0 Å². The molecule has 0 aromatic carbocycles. The maximum atomic E-state index is 3.94. The van der Waals surface area contributed by atoms with E-state index in [1.807, 2.05) is 0 Å². The Labute approximate surface area is 87.7 Å². The first-order valence-corrected chi connectivity index (χ1v) is 6.62. The van der Waals surface area contributed by atoms with Gasteiger partial charge in [0.1, 0.15) is 0 Å². The third-order valence-corrected chi connectivity index (χ3v) is 5.05. The summed E-state index contributed by atoms with van der Waals surface area (Å²) in [6.07, 6.45) is 10.4. The summed E-state index contributed by atoms with van der Waals surface area (Å²) in [5.74, 6) is 3.04. The van der Waals surface area contributed by atoms with Crippen molar-refractivity contribution in [3.05, 3.63) is 0 Å². The maximum Gasteiger partial charge on any atom is 0.0127 e. The minimum absolute atomic E-state index is 0.886. The SMILES string of the molecule is CC1CCCC2C3CCCCC3NC12. The van der Waals surface area contributed by atoms with E-state index >= 15 is 0 Å². The Morgan fingerprint density at radius 2 is 1.64 bits per heavy atom. The van der Waals surface area contributed by atoms with Gasteiger partial charge in [0.05, 0.1) is 0 Å². The van der Waals surface area contributed by atoms with Crippen LogP contribution in [-0.2, 0) is 0 Å². The van der Waals surface area contributed by atoms with Crippen LogP contribution in [0.15, 0.2) is 0 Å². The first-order chi connectivity index (χ1) is 6.86. The van der Waals surface area contributed by atoms with E-state index in [1.165, 1.54) is 44.9 Å². The third-order valence-electron chi connectivity index (χ3n) is 5.05. The van der Waals surface area contributed by atoms with Crippen LogP contribution >= 0.6 is 0 Å². The molecule has 1 saturated heterocycles. The maximum absolute atomic E-state index is 3.94. The standard InChI is InChI=1S/C13H23N/c1-9-5-4-7-11-10-6-2-3-8-12(10)14-13(9)11/h9-14H,2-8H2,1H3. The molecular formula is C13H23N. The summed E-state index contributed by atoms with van der Waals surface area (Å²) in [6.45, 7) is 2.46. The lowest BCUT2D eigenvalue weighted by Crippen LogP contribution is -2.38. The van der Waals surface area contributed by atoms with E-state index in [0.717, 1.165) is 29.8 Å². The molecule has 1 aliphatic heterocycles. The van der Waals surface area contributed by atoms with Crippen LogP contribution in [0, 0.1) is 17.8 Å². The molecule has 5 atom stereocenters. The molecule has 0 radical (unpaired) electrons. The molecule has 3 aliphatic rings. The van der Waals surface area contributed by atoms with E-state index in [9.17, 15) is 0 Å². The molecule has 5 unspecified atom stereocenters. The summed E-state index contributed by atoms with van der Waals surface area (Å²) in [5.41, 5.74) is 0. The zero-order valence-electron chi connectivity index (χ0n) is 9.34. The van der Waals surface area contributed by atoms with Gasteiger partial charge in [0.2, 0.25) is 0 Å². The molecule has 1 heteroatoms. The van der Waals surface area contributed by atoms with E-state index in [0.29, 0.717) is 0 Å². The summed E-state index contributed by atoms with van der Waals surface area (Å²) < 4.78 is 0. The molecule has 0 aromatic rings. The van der Waals surface area contributed by atoms with Gasteiger partial charge in [0.25, 0.3) is 0 Å². The lowest BCUT2D eigenvalue weighted by Gasteiger charge is -2.34. The first kappa shape index (κ1) is 9.21. The van der Waals surface area contributed by atoms with Gasteiger partial charge >= 0.3 is 0 Å². The molecule has 1 heterocycles. The molecule has 1 N–H and O–H groups in total. The fourth-order valence-electron chi connectivity index (χ4n) is 4.35. The van der Waals surface area contributed by atoms with Crippen LogP contribution in [0.3, 0.4) is 0 Å². The van der Waals surface area contributed by atoms with Gasteiger partial charge in [0.15, 0.2) is 0 Å². The molecule has 3 rings (SSSR count). The van der Waals surface area contributed by atoms with Crippen LogP contribution in [0.2, 0.25) is 0 Å². The zero-order chi connectivity index (χ0) is 9.54. The van der Waals surface area contributed by atoms with Crippen molar-refractivity contribution in [3.8, 4) is 0 Å². The van der Waals surface area contributed by atoms with Gasteiger partial charge in [-0.2, -0.15) is 0 Å². The second-order valence-electron chi connectivity index (χ2n) is 5.82. The highest BCUT2D eigenvalue weighted by atomic mass is 15.0. The molecule has 2 saturated carbocycles. The van der Waals surface area contributed by atoms with Crippen LogP contribution in [0.25, 0.3) is 0 Å². The number of fused-ring (bicyclic) bond motifs is 3. The van der Waals surface area contributed by atoms with Crippen molar-refractivity contribution in [2.45, 2.75) is 64.0 Å². The van der Waals surface area contributed by atoms with Crippen molar-refractivity contribution in [2.75, 3.05) is 0 Å². The second kappa shape index (κ2) is 3.52. The van der Waals surface area contributed by atoms with Crippen LogP contribution in [0.1, 0.15) is 51.9 Å². The fourth-order valence-corrected chi connectivity index (χ4v) is 4.35. The second-order valence-corrected chi connectivity index (χ2v) is 5.82. The molecule has 1 nitrogen and oxygen atoms in total. The van der Waals surface area contributed by atoms with Gasteiger partial charge in [-0.05, 0) is 43.4 Å². The predicted molar refractivity (Wildman–Crippen MR) is 59.2 cm³/mol. The van der Waals surface area contributed by atoms with E-state index in [4.69, 9.17) is 0 Å². The minimum atomic E-state index is 0.886. The molecule has 14 heavy (non-hydrogen) atoms. The Bertz CT molecular complexity index is 211. The average molecular weight is 193 g/mol. The van der Waals surface area contributed by atoms with Crippen LogP contribution in [0.4, 0.5) is 0 Å². The van der Waals surface area contributed by atoms with Crippen molar-refractivity contribution in [3.63, 3.8) is 0 Å². The molecule has 2 aliphatic carbocycles. The van der Waals surface area contributed by atoms with Gasteiger partial charge in [-0.25, -0.2) is 0 Å². The summed E-state index contributed by atoms with van der Waals surface area (Å²) in [6, 6.07) is 1.79. The predicted octanol–water partition coefficient (Wildman–Crippen LogP) is 2.95. The third kappa shape index (κ3) is 1.32. The summed E-state index contributed by atoms with van der Waals surface area (Å²) in [4.78, 5) is 0. The van der Waals surface area contributed by atoms with E-state index in [-0.39, 0.29) is 0 Å². The molecular weight excluding hydrogens is 170 g/mol. The molecule has 0 spiro atoms. The number of hydrogen-bond acceptors (Lipinski definition) is 1. The number of hydrogen-bond donors (Lipinski definition) is 1. The zero-order valence-corrected chi connectivity index (χ0v) is 9.34. The number of nitrogens with one attached hydrogen (secondary N) is 1. The molecule has 80 valence electrons. The highest BCUT2D eigenvalue weighted by Crippen LogP contribution is 2.45. The van der Waals surface area contributed by atoms with Gasteiger partial charge in [-0.3, -0.25) is 0 Å². The van der Waals surface area contributed by atoms with Crippen LogP contribution in [-0.4, -0.2) is 12.1 Å². The van der Waals surface area contributed by atoms with Gasteiger partial charge in [-0.15, -0.1) is 0 Å².